The summed E-state index contributed by atoms with van der Waals surface area (Å²) in [5.74, 6) is 0. The average Bonchev–Trinajstić information content (AvgIpc) is 2.67. The first-order valence-electron chi connectivity index (χ1n) is 2.85. The zero-order chi connectivity index (χ0) is 7.07. The van der Waals surface area contributed by atoms with Gasteiger partial charge in [0.25, 0.3) is 0 Å². The molecule has 6 nitrogen and oxygen atoms in total. The summed E-state index contributed by atoms with van der Waals surface area (Å²) in [7, 11) is 0. The van der Waals surface area contributed by atoms with E-state index < -0.39 is 0 Å². The van der Waals surface area contributed by atoms with Crippen molar-refractivity contribution in [2.24, 2.45) is 0 Å². The molecule has 0 bridgehead atoms. The normalized spacial score (nSPS) is 6.67. The Kier molecular flexibility index (Phi) is 10.1. The quantitative estimate of drug-likeness (QED) is 0.472. The van der Waals surface area contributed by atoms with Crippen LogP contribution in [0.25, 0.3) is 0 Å². The van der Waals surface area contributed by atoms with Crippen LogP contribution in [0.5, 0.6) is 0 Å². The van der Waals surface area contributed by atoms with E-state index in [9.17, 15) is 0 Å². The highest BCUT2D eigenvalue weighted by atomic mass is 14.8. The predicted molar refractivity (Wildman–Crippen MR) is 47.2 cm³/mol. The van der Waals surface area contributed by atoms with Gasteiger partial charge in [-0.05, 0) is 0 Å². The lowest BCUT2D eigenvalue weighted by Crippen LogP contribution is -1.44. The number of hydrogen-bond donors (Lipinski definition) is 4. The van der Waals surface area contributed by atoms with E-state index in [1.54, 1.807) is 37.4 Å². The summed E-state index contributed by atoms with van der Waals surface area (Å²) in [6.45, 7) is 0. The maximum absolute atomic E-state index is 3.67. The molecule has 68 valence electrons. The smallest absolute Gasteiger partial charge is 0.0919 e. The van der Waals surface area contributed by atoms with Gasteiger partial charge in [-0.1, -0.05) is 0 Å². The number of nitrogens with one attached hydrogen (secondary N) is 2. The molecule has 0 aromatic carbocycles. The van der Waals surface area contributed by atoms with Crippen molar-refractivity contribution in [1.29, 1.82) is 0 Å². The number of aromatic amines is 2. The van der Waals surface area contributed by atoms with Crippen LogP contribution in [0.3, 0.4) is 0 Å². The van der Waals surface area contributed by atoms with Gasteiger partial charge in [0.2, 0.25) is 0 Å². The molecule has 0 aliphatic carbocycles. The molecular weight excluding hydrogens is 156 g/mol. The van der Waals surface area contributed by atoms with E-state index in [0.717, 1.165) is 0 Å². The van der Waals surface area contributed by atoms with E-state index >= 15 is 0 Å². The molecule has 12 heavy (non-hydrogen) atoms. The molecule has 2 heterocycles. The first-order chi connectivity index (χ1) is 5.00. The average molecular weight is 170 g/mol. The number of nitrogens with zero attached hydrogens (tertiary/aromatic N) is 2. The SMILES string of the molecule is N.N.c1c[nH]cn1.c1c[nH]cn1. The second-order valence-corrected chi connectivity index (χ2v) is 1.52. The Morgan fingerprint density at radius 3 is 1.25 bits per heavy atom. The first-order valence-corrected chi connectivity index (χ1v) is 2.85. The fourth-order valence-electron chi connectivity index (χ4n) is 0.430. The third kappa shape index (κ3) is 6.46. The number of H-pyrrole nitrogens is 2. The van der Waals surface area contributed by atoms with Crippen molar-refractivity contribution in [1.82, 2.24) is 32.2 Å². The molecule has 0 fully saturated rings. The Bertz CT molecular complexity index is 151. The van der Waals surface area contributed by atoms with Crippen molar-refractivity contribution in [2.75, 3.05) is 0 Å². The van der Waals surface area contributed by atoms with Crippen molar-refractivity contribution in [2.45, 2.75) is 0 Å². The molecule has 0 aliphatic heterocycles. The van der Waals surface area contributed by atoms with Crippen LogP contribution in [-0.4, -0.2) is 19.9 Å². The monoisotopic (exact) mass is 170 g/mol. The largest absolute Gasteiger partial charge is 0.351 e. The Morgan fingerprint density at radius 1 is 0.750 bits per heavy atom. The summed E-state index contributed by atoms with van der Waals surface area (Å²) in [5.41, 5.74) is 0. The molecular formula is C6H14N6. The van der Waals surface area contributed by atoms with Crippen molar-refractivity contribution in [3.63, 3.8) is 0 Å². The van der Waals surface area contributed by atoms with E-state index in [1.165, 1.54) is 0 Å². The Morgan fingerprint density at radius 2 is 1.17 bits per heavy atom. The Hall–Kier alpha value is -1.66. The molecule has 2 aromatic rings. The first kappa shape index (κ1) is 13.0. The molecule has 0 unspecified atom stereocenters. The van der Waals surface area contributed by atoms with Crippen LogP contribution >= 0.6 is 0 Å². The summed E-state index contributed by atoms with van der Waals surface area (Å²) in [6.07, 6.45) is 10.2. The van der Waals surface area contributed by atoms with Gasteiger partial charge in [-0.3, -0.25) is 0 Å². The van der Waals surface area contributed by atoms with E-state index in [0.29, 0.717) is 0 Å². The van der Waals surface area contributed by atoms with Gasteiger partial charge in [-0.2, -0.15) is 0 Å². The van der Waals surface area contributed by atoms with Crippen LogP contribution in [0.4, 0.5) is 0 Å². The zero-order valence-corrected chi connectivity index (χ0v) is 6.77. The summed E-state index contributed by atoms with van der Waals surface area (Å²) in [5, 5.41) is 0. The van der Waals surface area contributed by atoms with Crippen LogP contribution < -0.4 is 12.3 Å². The Balaban J connectivity index is 0. The van der Waals surface area contributed by atoms with Gasteiger partial charge >= 0.3 is 0 Å². The fourth-order valence-corrected chi connectivity index (χ4v) is 0.430. The molecule has 0 atom stereocenters. The van der Waals surface area contributed by atoms with Gasteiger partial charge in [-0.25, -0.2) is 9.97 Å². The van der Waals surface area contributed by atoms with Gasteiger partial charge in [0, 0.05) is 24.8 Å². The minimum atomic E-state index is 0. The number of rotatable bonds is 0. The molecule has 0 spiro atoms. The molecule has 0 saturated heterocycles. The molecule has 2 aromatic heterocycles. The maximum Gasteiger partial charge on any atom is 0.0919 e. The van der Waals surface area contributed by atoms with E-state index in [-0.39, 0.29) is 12.3 Å². The van der Waals surface area contributed by atoms with Crippen molar-refractivity contribution >= 4 is 0 Å². The second kappa shape index (κ2) is 9.34. The lowest BCUT2D eigenvalue weighted by atomic mass is 11.0. The number of aromatic nitrogens is 4. The van der Waals surface area contributed by atoms with Crippen LogP contribution in [-0.2, 0) is 0 Å². The lowest BCUT2D eigenvalue weighted by Gasteiger charge is -1.46. The van der Waals surface area contributed by atoms with Crippen LogP contribution in [0.1, 0.15) is 0 Å². The molecule has 0 saturated carbocycles. The number of imidazole rings is 2. The van der Waals surface area contributed by atoms with Crippen LogP contribution in [0, 0.1) is 0 Å². The highest BCUT2D eigenvalue weighted by Gasteiger charge is 1.56. The topological polar surface area (TPSA) is 127 Å². The van der Waals surface area contributed by atoms with Gasteiger partial charge in [0.15, 0.2) is 0 Å². The standard InChI is InChI=1S/2C3H4N2.2H3N/c2*1-2-5-3-4-1;;/h2*1-3H,(H,4,5);2*1H3. The molecule has 8 N–H and O–H groups in total. The minimum Gasteiger partial charge on any atom is -0.351 e. The minimum absolute atomic E-state index is 0. The van der Waals surface area contributed by atoms with Crippen molar-refractivity contribution in [3.05, 3.63) is 37.4 Å². The summed E-state index contributed by atoms with van der Waals surface area (Å²) < 4.78 is 0. The predicted octanol–water partition coefficient (Wildman–Crippen LogP) is 1.14. The Labute approximate surface area is 70.6 Å². The van der Waals surface area contributed by atoms with Crippen molar-refractivity contribution in [3.8, 4) is 0 Å². The highest BCUT2D eigenvalue weighted by Crippen LogP contribution is 1.63. The maximum atomic E-state index is 3.67. The van der Waals surface area contributed by atoms with Gasteiger partial charge in [0.05, 0.1) is 12.7 Å². The number of hydrogen-bond acceptors (Lipinski definition) is 4. The van der Waals surface area contributed by atoms with Crippen LogP contribution in [0.15, 0.2) is 37.4 Å². The van der Waals surface area contributed by atoms with Crippen LogP contribution in [0.2, 0.25) is 0 Å². The fraction of sp³-hybridized carbons (Fsp3) is 0. The molecule has 0 radical (unpaired) electrons. The van der Waals surface area contributed by atoms with Gasteiger partial charge < -0.3 is 22.3 Å². The van der Waals surface area contributed by atoms with E-state index in [4.69, 9.17) is 0 Å². The molecule has 6 heteroatoms. The van der Waals surface area contributed by atoms with E-state index in [1.807, 2.05) is 0 Å². The highest BCUT2D eigenvalue weighted by molar-refractivity contribution is 4.65. The van der Waals surface area contributed by atoms with Gasteiger partial charge in [-0.15, -0.1) is 0 Å². The molecule has 0 amide bonds. The lowest BCUT2D eigenvalue weighted by molar-refractivity contribution is 1.31. The third-order valence-corrected chi connectivity index (χ3v) is 0.812. The molecule has 2 rings (SSSR count). The summed E-state index contributed by atoms with van der Waals surface area (Å²) in [4.78, 5) is 12.8. The summed E-state index contributed by atoms with van der Waals surface area (Å²) in [6, 6.07) is 0. The van der Waals surface area contributed by atoms with E-state index in [2.05, 4.69) is 19.9 Å². The zero-order valence-electron chi connectivity index (χ0n) is 6.77. The van der Waals surface area contributed by atoms with Gasteiger partial charge in [0.1, 0.15) is 0 Å². The van der Waals surface area contributed by atoms with Crippen molar-refractivity contribution < 1.29 is 0 Å². The molecule has 0 aliphatic rings. The third-order valence-electron chi connectivity index (χ3n) is 0.812. The second-order valence-electron chi connectivity index (χ2n) is 1.52. The summed E-state index contributed by atoms with van der Waals surface area (Å²) >= 11 is 0.